The third-order valence-electron chi connectivity index (χ3n) is 4.65. The molecule has 1 aliphatic carbocycles. The van der Waals surface area contributed by atoms with Crippen molar-refractivity contribution >= 4 is 23.0 Å². The van der Waals surface area contributed by atoms with Crippen LogP contribution in [0.25, 0.3) is 0 Å². The van der Waals surface area contributed by atoms with Gasteiger partial charge in [-0.25, -0.2) is 5.01 Å². The molecule has 0 radical (unpaired) electrons. The number of nitrogens with one attached hydrogen (secondary N) is 1. The molecule has 0 bridgehead atoms. The number of benzene rings is 1. The van der Waals surface area contributed by atoms with Gasteiger partial charge in [-0.2, -0.15) is 5.10 Å². The first-order valence-electron chi connectivity index (χ1n) is 8.03. The Bertz CT molecular complexity index is 581. The van der Waals surface area contributed by atoms with Crippen molar-refractivity contribution in [3.05, 3.63) is 48.6 Å². The van der Waals surface area contributed by atoms with Crippen LogP contribution in [-0.2, 0) is 0 Å². The van der Waals surface area contributed by atoms with Crippen LogP contribution in [0.2, 0.25) is 0 Å². The van der Waals surface area contributed by atoms with Gasteiger partial charge >= 0.3 is 0 Å². The van der Waals surface area contributed by atoms with Crippen LogP contribution >= 0.6 is 12.2 Å². The van der Waals surface area contributed by atoms with Gasteiger partial charge in [-0.15, -0.1) is 6.58 Å². The second-order valence-corrected chi connectivity index (χ2v) is 6.52. The Balaban J connectivity index is 1.93. The molecule has 1 unspecified atom stereocenters. The topological polar surface area (TPSA) is 27.6 Å². The Labute approximate surface area is 138 Å². The summed E-state index contributed by atoms with van der Waals surface area (Å²) < 4.78 is 0. The normalized spacial score (nSPS) is 27.0. The van der Waals surface area contributed by atoms with Gasteiger partial charge in [0.25, 0.3) is 0 Å². The second kappa shape index (κ2) is 6.61. The monoisotopic (exact) mass is 313 g/mol. The van der Waals surface area contributed by atoms with Crippen LogP contribution < -0.4 is 5.32 Å². The van der Waals surface area contributed by atoms with E-state index >= 15 is 0 Å². The standard InChI is InChI=1S/C18H23N3S/c1-3-12-19-18(22)21-17(14-9-5-4-6-10-14)15-11-7-8-13(2)16(15)20-21/h3-6,9-10,13,15,17H,1,7-8,11-12H2,2H3,(H,19,22)/t13?,15-,17-/m0/s1. The van der Waals surface area contributed by atoms with Crippen molar-refractivity contribution in [3.63, 3.8) is 0 Å². The quantitative estimate of drug-likeness (QED) is 0.677. The summed E-state index contributed by atoms with van der Waals surface area (Å²) in [6.07, 6.45) is 5.53. The smallest absolute Gasteiger partial charge is 0.190 e. The average molecular weight is 313 g/mol. The van der Waals surface area contributed by atoms with Crippen molar-refractivity contribution in [2.75, 3.05) is 6.54 Å². The predicted molar refractivity (Wildman–Crippen MR) is 95.8 cm³/mol. The van der Waals surface area contributed by atoms with Crippen LogP contribution in [0.5, 0.6) is 0 Å². The van der Waals surface area contributed by atoms with Gasteiger partial charge < -0.3 is 5.32 Å². The average Bonchev–Trinajstić information content (AvgIpc) is 2.94. The van der Waals surface area contributed by atoms with Crippen molar-refractivity contribution in [1.82, 2.24) is 10.3 Å². The van der Waals surface area contributed by atoms with Crippen LogP contribution in [0.15, 0.2) is 48.1 Å². The molecule has 22 heavy (non-hydrogen) atoms. The summed E-state index contributed by atoms with van der Waals surface area (Å²) in [6.45, 7) is 6.70. The summed E-state index contributed by atoms with van der Waals surface area (Å²) in [5.41, 5.74) is 2.62. The molecule has 0 aromatic heterocycles. The first kappa shape index (κ1) is 15.2. The fraction of sp³-hybridized carbons (Fsp3) is 0.444. The van der Waals surface area contributed by atoms with E-state index in [0.717, 1.165) is 0 Å². The first-order valence-corrected chi connectivity index (χ1v) is 8.44. The molecule has 1 aromatic rings. The first-order chi connectivity index (χ1) is 10.7. The SMILES string of the molecule is C=CCNC(=S)N1N=C2C(C)CCC[C@@H]2[C@@H]1c1ccccc1. The zero-order valence-electron chi connectivity index (χ0n) is 13.0. The highest BCUT2D eigenvalue weighted by Gasteiger charge is 2.43. The summed E-state index contributed by atoms with van der Waals surface area (Å²) in [5, 5.41) is 10.9. The summed E-state index contributed by atoms with van der Waals surface area (Å²) in [4.78, 5) is 0. The van der Waals surface area contributed by atoms with Crippen LogP contribution in [0.1, 0.15) is 37.8 Å². The highest BCUT2D eigenvalue weighted by atomic mass is 32.1. The highest BCUT2D eigenvalue weighted by Crippen LogP contribution is 2.43. The molecule has 3 atom stereocenters. The molecule has 1 N–H and O–H groups in total. The van der Waals surface area contributed by atoms with Gasteiger partial charge in [0.05, 0.1) is 6.04 Å². The Morgan fingerprint density at radius 1 is 1.41 bits per heavy atom. The molecule has 0 spiro atoms. The lowest BCUT2D eigenvalue weighted by Gasteiger charge is -2.31. The molecule has 2 aliphatic rings. The van der Waals surface area contributed by atoms with Gasteiger partial charge in [-0.3, -0.25) is 0 Å². The van der Waals surface area contributed by atoms with Gasteiger partial charge in [-0.05, 0) is 36.5 Å². The van der Waals surface area contributed by atoms with Crippen molar-refractivity contribution < 1.29 is 0 Å². The minimum atomic E-state index is 0.226. The summed E-state index contributed by atoms with van der Waals surface area (Å²) in [7, 11) is 0. The largest absolute Gasteiger partial charge is 0.358 e. The molecule has 0 saturated heterocycles. The Morgan fingerprint density at radius 3 is 2.91 bits per heavy atom. The van der Waals surface area contributed by atoms with E-state index in [-0.39, 0.29) is 6.04 Å². The number of nitrogens with zero attached hydrogens (tertiary/aromatic N) is 2. The van der Waals surface area contributed by atoms with Crippen molar-refractivity contribution in [3.8, 4) is 0 Å². The Kier molecular flexibility index (Phi) is 4.57. The zero-order chi connectivity index (χ0) is 15.5. The number of fused-ring (bicyclic) bond motifs is 1. The number of hydrogen-bond acceptors (Lipinski definition) is 2. The highest BCUT2D eigenvalue weighted by molar-refractivity contribution is 7.80. The van der Waals surface area contributed by atoms with E-state index in [2.05, 4.69) is 49.2 Å². The lowest BCUT2D eigenvalue weighted by molar-refractivity contribution is 0.293. The molecule has 1 aromatic carbocycles. The maximum Gasteiger partial charge on any atom is 0.190 e. The molecule has 116 valence electrons. The molecule has 4 heteroatoms. The third-order valence-corrected chi connectivity index (χ3v) is 4.98. The van der Waals surface area contributed by atoms with Crippen molar-refractivity contribution in [2.45, 2.75) is 32.2 Å². The van der Waals surface area contributed by atoms with E-state index in [1.807, 2.05) is 11.1 Å². The zero-order valence-corrected chi connectivity index (χ0v) is 13.9. The Morgan fingerprint density at radius 2 is 2.18 bits per heavy atom. The number of rotatable bonds is 3. The molecule has 1 saturated carbocycles. The molecular weight excluding hydrogens is 290 g/mol. The van der Waals surface area contributed by atoms with Crippen LogP contribution in [0.4, 0.5) is 0 Å². The number of hydrogen-bond donors (Lipinski definition) is 1. The molecule has 3 rings (SSSR count). The summed E-state index contributed by atoms with van der Waals surface area (Å²) in [6, 6.07) is 10.8. The molecule has 1 fully saturated rings. The van der Waals surface area contributed by atoms with Gasteiger partial charge in [0.1, 0.15) is 0 Å². The van der Waals surface area contributed by atoms with E-state index in [9.17, 15) is 0 Å². The number of hydrazone groups is 1. The van der Waals surface area contributed by atoms with E-state index < -0.39 is 0 Å². The number of thiocarbonyl (C=S) groups is 1. The van der Waals surface area contributed by atoms with E-state index in [1.54, 1.807) is 0 Å². The Hall–Kier alpha value is -1.68. The minimum absolute atomic E-state index is 0.226. The molecule has 1 heterocycles. The van der Waals surface area contributed by atoms with E-state index in [1.165, 1.54) is 30.5 Å². The van der Waals surface area contributed by atoms with Gasteiger partial charge in [0.15, 0.2) is 5.11 Å². The van der Waals surface area contributed by atoms with Crippen molar-refractivity contribution in [2.24, 2.45) is 16.9 Å². The van der Waals surface area contributed by atoms with Crippen LogP contribution in [-0.4, -0.2) is 22.4 Å². The van der Waals surface area contributed by atoms with E-state index in [0.29, 0.717) is 23.5 Å². The minimum Gasteiger partial charge on any atom is -0.358 e. The molecular formula is C18H23N3S. The summed E-state index contributed by atoms with van der Waals surface area (Å²) in [5.74, 6) is 1.03. The van der Waals surface area contributed by atoms with Gasteiger partial charge in [0.2, 0.25) is 0 Å². The predicted octanol–water partition coefficient (Wildman–Crippen LogP) is 3.90. The van der Waals surface area contributed by atoms with E-state index in [4.69, 9.17) is 17.3 Å². The maximum absolute atomic E-state index is 5.58. The van der Waals surface area contributed by atoms with Crippen LogP contribution in [0, 0.1) is 11.8 Å². The van der Waals surface area contributed by atoms with Crippen molar-refractivity contribution in [1.29, 1.82) is 0 Å². The third kappa shape index (κ3) is 2.80. The molecule has 1 aliphatic heterocycles. The maximum atomic E-state index is 5.58. The molecule has 3 nitrogen and oxygen atoms in total. The molecule has 0 amide bonds. The summed E-state index contributed by atoms with van der Waals surface area (Å²) >= 11 is 5.58. The fourth-order valence-corrected chi connectivity index (χ4v) is 3.83. The van der Waals surface area contributed by atoms with Crippen LogP contribution in [0.3, 0.4) is 0 Å². The second-order valence-electron chi connectivity index (χ2n) is 6.14. The van der Waals surface area contributed by atoms with Gasteiger partial charge in [0, 0.05) is 18.2 Å². The lowest BCUT2D eigenvalue weighted by Crippen LogP contribution is -2.38. The lowest BCUT2D eigenvalue weighted by atomic mass is 9.76. The van der Waals surface area contributed by atoms with Gasteiger partial charge in [-0.1, -0.05) is 49.8 Å². The fourth-order valence-electron chi connectivity index (χ4n) is 3.59.